The van der Waals surface area contributed by atoms with Crippen LogP contribution < -0.4 is 15.0 Å². The van der Waals surface area contributed by atoms with Gasteiger partial charge in [0.2, 0.25) is 5.91 Å². The molecule has 3 rings (SSSR count). The van der Waals surface area contributed by atoms with Crippen LogP contribution in [-0.2, 0) is 19.1 Å². The fourth-order valence-corrected chi connectivity index (χ4v) is 3.33. The van der Waals surface area contributed by atoms with Gasteiger partial charge in [0.15, 0.2) is 5.54 Å². The van der Waals surface area contributed by atoms with Gasteiger partial charge in [-0.05, 0) is 42.8 Å². The fraction of sp³-hybridized carbons (Fsp3) is 0.261. The van der Waals surface area contributed by atoms with E-state index in [0.717, 1.165) is 5.56 Å². The number of esters is 1. The first kappa shape index (κ1) is 21.1. The van der Waals surface area contributed by atoms with Crippen LogP contribution in [0.4, 0.5) is 5.69 Å². The summed E-state index contributed by atoms with van der Waals surface area (Å²) in [6.07, 6.45) is 3.50. The van der Waals surface area contributed by atoms with Gasteiger partial charge in [0.05, 0.1) is 20.1 Å². The molecule has 1 aliphatic heterocycles. The Balaban J connectivity index is 1.92. The molecule has 1 fully saturated rings. The van der Waals surface area contributed by atoms with Crippen LogP contribution in [0.25, 0.3) is 6.08 Å². The Hall–Kier alpha value is -3.61. The third kappa shape index (κ3) is 4.35. The number of nitrogens with zero attached hydrogens (tertiary/aromatic N) is 1. The van der Waals surface area contributed by atoms with Gasteiger partial charge in [0.1, 0.15) is 12.3 Å². The summed E-state index contributed by atoms with van der Waals surface area (Å²) >= 11 is 0. The molecule has 1 aliphatic rings. The molecule has 30 heavy (non-hydrogen) atoms. The number of β-lactam (4-membered cyclic amide) rings is 1. The van der Waals surface area contributed by atoms with Crippen LogP contribution in [-0.4, -0.2) is 43.6 Å². The normalized spacial score (nSPS) is 18.1. The number of anilines is 1. The van der Waals surface area contributed by atoms with Crippen molar-refractivity contribution >= 4 is 29.5 Å². The predicted octanol–water partition coefficient (Wildman–Crippen LogP) is 2.56. The molecule has 1 heterocycles. The Bertz CT molecular complexity index is 940. The first-order chi connectivity index (χ1) is 14.5. The van der Waals surface area contributed by atoms with Crippen molar-refractivity contribution in [2.75, 3.05) is 25.2 Å². The number of carbonyl (C=O) groups excluding carboxylic acids is 3. The van der Waals surface area contributed by atoms with Gasteiger partial charge in [-0.2, -0.15) is 0 Å². The molecule has 2 amide bonds. The largest absolute Gasteiger partial charge is 0.497 e. The van der Waals surface area contributed by atoms with Crippen molar-refractivity contribution in [1.29, 1.82) is 0 Å². The molecule has 1 saturated heterocycles. The number of ether oxygens (including phenoxy) is 2. The molecule has 0 saturated carbocycles. The van der Waals surface area contributed by atoms with Gasteiger partial charge in [-0.15, -0.1) is 0 Å². The van der Waals surface area contributed by atoms with E-state index >= 15 is 0 Å². The molecule has 156 valence electrons. The lowest BCUT2D eigenvalue weighted by atomic mass is 9.81. The molecule has 0 aliphatic carbocycles. The van der Waals surface area contributed by atoms with Crippen LogP contribution in [0.3, 0.4) is 0 Å². The zero-order valence-corrected chi connectivity index (χ0v) is 17.0. The van der Waals surface area contributed by atoms with Gasteiger partial charge >= 0.3 is 5.97 Å². The average Bonchev–Trinajstić information content (AvgIpc) is 2.76. The highest BCUT2D eigenvalue weighted by Crippen LogP contribution is 2.39. The monoisotopic (exact) mass is 408 g/mol. The molecule has 0 spiro atoms. The highest BCUT2D eigenvalue weighted by Gasteiger charge is 2.55. The van der Waals surface area contributed by atoms with Crippen molar-refractivity contribution in [3.8, 4) is 5.75 Å². The molecule has 7 heteroatoms. The summed E-state index contributed by atoms with van der Waals surface area (Å²) in [7, 11) is 1.56. The summed E-state index contributed by atoms with van der Waals surface area (Å²) in [4.78, 5) is 38.8. The van der Waals surface area contributed by atoms with E-state index in [9.17, 15) is 14.4 Å². The predicted molar refractivity (Wildman–Crippen MR) is 113 cm³/mol. The fourth-order valence-electron chi connectivity index (χ4n) is 3.33. The van der Waals surface area contributed by atoms with Crippen molar-refractivity contribution in [1.82, 2.24) is 5.32 Å². The molecule has 0 aromatic heterocycles. The minimum atomic E-state index is -1.24. The minimum Gasteiger partial charge on any atom is -0.497 e. The van der Waals surface area contributed by atoms with Crippen molar-refractivity contribution in [3.05, 3.63) is 66.2 Å². The van der Waals surface area contributed by atoms with E-state index in [4.69, 9.17) is 9.47 Å². The zero-order valence-electron chi connectivity index (χ0n) is 17.0. The molecule has 2 aromatic carbocycles. The van der Waals surface area contributed by atoms with E-state index in [0.29, 0.717) is 11.4 Å². The van der Waals surface area contributed by atoms with Crippen molar-refractivity contribution < 1.29 is 23.9 Å². The lowest BCUT2D eigenvalue weighted by molar-refractivity contribution is -0.144. The Morgan fingerprint density at radius 2 is 1.83 bits per heavy atom. The van der Waals surface area contributed by atoms with E-state index in [1.54, 1.807) is 50.5 Å². The Labute approximate surface area is 175 Å². The van der Waals surface area contributed by atoms with Crippen molar-refractivity contribution in [3.63, 3.8) is 0 Å². The Kier molecular flexibility index (Phi) is 6.51. The van der Waals surface area contributed by atoms with Crippen molar-refractivity contribution in [2.45, 2.75) is 18.9 Å². The lowest BCUT2D eigenvalue weighted by Crippen LogP contribution is -2.70. The number of benzene rings is 2. The van der Waals surface area contributed by atoms with E-state index in [2.05, 4.69) is 5.32 Å². The van der Waals surface area contributed by atoms with Gasteiger partial charge in [-0.25, -0.2) is 0 Å². The quantitative estimate of drug-likeness (QED) is 0.536. The van der Waals surface area contributed by atoms with E-state index < -0.39 is 17.4 Å². The molecule has 1 atom stereocenters. The minimum absolute atomic E-state index is 0.00295. The number of methoxy groups -OCH3 is 1. The molecule has 0 bridgehead atoms. The number of hydrogen-bond donors (Lipinski definition) is 1. The number of carbonyl (C=O) groups is 3. The summed E-state index contributed by atoms with van der Waals surface area (Å²) in [6, 6.07) is 16.4. The Morgan fingerprint density at radius 1 is 1.13 bits per heavy atom. The Morgan fingerprint density at radius 3 is 2.43 bits per heavy atom. The summed E-state index contributed by atoms with van der Waals surface area (Å²) in [5, 5.41) is 2.61. The van der Waals surface area contributed by atoms with Gasteiger partial charge in [0, 0.05) is 5.69 Å². The molecular formula is C23H24N2O5. The van der Waals surface area contributed by atoms with Crippen LogP contribution in [0.5, 0.6) is 5.75 Å². The number of rotatable bonds is 8. The molecule has 2 aromatic rings. The molecule has 0 unspecified atom stereocenters. The van der Waals surface area contributed by atoms with Gasteiger partial charge in [-0.3, -0.25) is 19.3 Å². The summed E-state index contributed by atoms with van der Waals surface area (Å²) < 4.78 is 10.0. The topological polar surface area (TPSA) is 84.9 Å². The van der Waals surface area contributed by atoms with Crippen LogP contribution in [0.2, 0.25) is 0 Å². The third-order valence-corrected chi connectivity index (χ3v) is 4.84. The van der Waals surface area contributed by atoms with E-state index in [1.807, 2.05) is 30.3 Å². The second kappa shape index (κ2) is 9.26. The standard InChI is InChI=1S/C23H24N2O5/c1-3-30-21(27)16-24-22(28)23(14-13-17-7-5-4-6-8-17)15-20(26)25(23)18-9-11-19(29-2)12-10-18/h4-14H,3,15-16H2,1-2H3,(H,24,28)/t23-/m0/s1. The summed E-state index contributed by atoms with van der Waals surface area (Å²) in [5.41, 5.74) is 0.216. The third-order valence-electron chi connectivity index (χ3n) is 4.84. The second-order valence-electron chi connectivity index (χ2n) is 6.76. The molecule has 1 N–H and O–H groups in total. The molecular weight excluding hydrogens is 384 g/mol. The number of hydrogen-bond acceptors (Lipinski definition) is 5. The van der Waals surface area contributed by atoms with E-state index in [-0.39, 0.29) is 25.5 Å². The maximum Gasteiger partial charge on any atom is 0.325 e. The highest BCUT2D eigenvalue weighted by molar-refractivity contribution is 6.15. The van der Waals surface area contributed by atoms with Gasteiger partial charge in [0.25, 0.3) is 5.91 Å². The smallest absolute Gasteiger partial charge is 0.325 e. The van der Waals surface area contributed by atoms with Crippen LogP contribution in [0, 0.1) is 0 Å². The highest BCUT2D eigenvalue weighted by atomic mass is 16.5. The SMILES string of the molecule is CCOC(=O)CNC(=O)[C@]1(C=Cc2ccccc2)CC(=O)N1c1ccc(OC)cc1. The van der Waals surface area contributed by atoms with Crippen LogP contribution in [0.15, 0.2) is 60.7 Å². The zero-order chi connectivity index (χ0) is 21.6. The van der Waals surface area contributed by atoms with Crippen LogP contribution >= 0.6 is 0 Å². The second-order valence-corrected chi connectivity index (χ2v) is 6.76. The van der Waals surface area contributed by atoms with Gasteiger partial charge < -0.3 is 14.8 Å². The maximum atomic E-state index is 13.1. The summed E-state index contributed by atoms with van der Waals surface area (Å²) in [5.74, 6) is -0.527. The van der Waals surface area contributed by atoms with Crippen molar-refractivity contribution in [2.24, 2.45) is 0 Å². The lowest BCUT2D eigenvalue weighted by Gasteiger charge is -2.48. The number of amides is 2. The first-order valence-electron chi connectivity index (χ1n) is 9.65. The number of nitrogens with one attached hydrogen (secondary N) is 1. The van der Waals surface area contributed by atoms with E-state index in [1.165, 1.54) is 4.90 Å². The maximum absolute atomic E-state index is 13.1. The summed E-state index contributed by atoms with van der Waals surface area (Å²) in [6.45, 7) is 1.66. The molecule has 7 nitrogen and oxygen atoms in total. The average molecular weight is 408 g/mol. The first-order valence-corrected chi connectivity index (χ1v) is 9.65. The molecule has 0 radical (unpaired) electrons. The van der Waals surface area contributed by atoms with Gasteiger partial charge in [-0.1, -0.05) is 36.4 Å². The van der Waals surface area contributed by atoms with Crippen LogP contribution in [0.1, 0.15) is 18.9 Å².